The molecule has 0 unspecified atom stereocenters. The summed E-state index contributed by atoms with van der Waals surface area (Å²) in [6, 6.07) is 2.09. The number of likely N-dealkylation sites (N-methyl/N-ethyl adjacent to an activating group) is 1. The summed E-state index contributed by atoms with van der Waals surface area (Å²) in [6.07, 6.45) is 2.12. The zero-order valence-electron chi connectivity index (χ0n) is 11.9. The smallest absolute Gasteiger partial charge is 0.126 e. The quantitative estimate of drug-likeness (QED) is 0.831. The molecule has 0 spiro atoms. The Morgan fingerprint density at radius 3 is 2.61 bits per heavy atom. The molecular weight excluding hydrogens is 224 g/mol. The minimum absolute atomic E-state index is 0.419. The molecule has 2 heterocycles. The Labute approximate surface area is 109 Å². The van der Waals surface area contributed by atoms with E-state index in [4.69, 9.17) is 0 Å². The lowest BCUT2D eigenvalue weighted by molar-refractivity contribution is 0.386. The number of aryl methyl sites for hydroxylation is 1. The summed E-state index contributed by atoms with van der Waals surface area (Å²) in [5, 5.41) is 0. The van der Waals surface area contributed by atoms with Crippen LogP contribution in [0.3, 0.4) is 0 Å². The Balaban J connectivity index is 2.49. The van der Waals surface area contributed by atoms with Crippen LogP contribution in [0.4, 0.5) is 0 Å². The van der Waals surface area contributed by atoms with Gasteiger partial charge in [-0.2, -0.15) is 0 Å². The van der Waals surface area contributed by atoms with Crippen molar-refractivity contribution in [2.24, 2.45) is 0 Å². The van der Waals surface area contributed by atoms with Gasteiger partial charge >= 0.3 is 0 Å². The molecule has 0 aliphatic carbocycles. The van der Waals surface area contributed by atoms with Crippen LogP contribution in [0.5, 0.6) is 0 Å². The molecule has 0 radical (unpaired) electrons. The third kappa shape index (κ3) is 2.53. The molecule has 0 amide bonds. The van der Waals surface area contributed by atoms with Crippen LogP contribution in [-0.2, 0) is 6.54 Å². The van der Waals surface area contributed by atoms with Crippen molar-refractivity contribution in [2.75, 3.05) is 20.6 Å². The highest BCUT2D eigenvalue weighted by molar-refractivity contribution is 5.78. The zero-order chi connectivity index (χ0) is 13.3. The number of rotatable bonds is 4. The molecule has 0 saturated heterocycles. The minimum Gasteiger partial charge on any atom is -0.343 e. The van der Waals surface area contributed by atoms with E-state index in [0.29, 0.717) is 5.92 Å². The molecule has 0 saturated carbocycles. The van der Waals surface area contributed by atoms with Gasteiger partial charge in [-0.1, -0.05) is 13.8 Å². The van der Waals surface area contributed by atoms with Crippen LogP contribution in [0.25, 0.3) is 11.0 Å². The molecule has 0 aliphatic rings. The van der Waals surface area contributed by atoms with Gasteiger partial charge in [-0.05, 0) is 33.0 Å². The summed E-state index contributed by atoms with van der Waals surface area (Å²) in [7, 11) is 4.19. The molecule has 2 aromatic rings. The summed E-state index contributed by atoms with van der Waals surface area (Å²) in [4.78, 5) is 11.3. The molecule has 0 bridgehead atoms. The van der Waals surface area contributed by atoms with Crippen LogP contribution in [0, 0.1) is 6.92 Å². The highest BCUT2D eigenvalue weighted by Crippen LogP contribution is 2.23. The molecule has 0 aromatic carbocycles. The van der Waals surface area contributed by atoms with Gasteiger partial charge in [0.15, 0.2) is 0 Å². The SMILES string of the molecule is Cc1nc(C(C)C)c2c(ccn2CCN(C)C)n1. The molecule has 0 aliphatic heterocycles. The fourth-order valence-electron chi connectivity index (χ4n) is 2.15. The monoisotopic (exact) mass is 246 g/mol. The largest absolute Gasteiger partial charge is 0.343 e. The van der Waals surface area contributed by atoms with Gasteiger partial charge in [-0.3, -0.25) is 0 Å². The third-order valence-corrected chi connectivity index (χ3v) is 3.08. The molecule has 2 rings (SSSR count). The van der Waals surface area contributed by atoms with Gasteiger partial charge in [0.1, 0.15) is 5.82 Å². The van der Waals surface area contributed by atoms with Crippen LogP contribution in [0.15, 0.2) is 12.3 Å². The van der Waals surface area contributed by atoms with Crippen LogP contribution >= 0.6 is 0 Å². The molecule has 0 fully saturated rings. The van der Waals surface area contributed by atoms with E-state index < -0.39 is 0 Å². The topological polar surface area (TPSA) is 34.0 Å². The van der Waals surface area contributed by atoms with Crippen molar-refractivity contribution < 1.29 is 0 Å². The second-order valence-corrected chi connectivity index (χ2v) is 5.36. The Bertz CT molecular complexity index is 540. The first kappa shape index (κ1) is 13.0. The average molecular weight is 246 g/mol. The molecular formula is C14H22N4. The highest BCUT2D eigenvalue weighted by atomic mass is 15.1. The van der Waals surface area contributed by atoms with E-state index in [-0.39, 0.29) is 0 Å². The molecule has 4 nitrogen and oxygen atoms in total. The Kier molecular flexibility index (Phi) is 3.66. The van der Waals surface area contributed by atoms with Crippen LogP contribution in [-0.4, -0.2) is 40.1 Å². The van der Waals surface area contributed by atoms with Crippen molar-refractivity contribution in [3.05, 3.63) is 23.8 Å². The van der Waals surface area contributed by atoms with E-state index in [1.807, 2.05) is 6.92 Å². The fraction of sp³-hybridized carbons (Fsp3) is 0.571. The lowest BCUT2D eigenvalue weighted by Gasteiger charge is -2.14. The molecule has 4 heteroatoms. The number of hydrogen-bond donors (Lipinski definition) is 0. The lowest BCUT2D eigenvalue weighted by Crippen LogP contribution is -2.18. The summed E-state index contributed by atoms with van der Waals surface area (Å²) in [5.41, 5.74) is 3.41. The van der Waals surface area contributed by atoms with Gasteiger partial charge in [-0.15, -0.1) is 0 Å². The van der Waals surface area contributed by atoms with Gasteiger partial charge < -0.3 is 9.47 Å². The van der Waals surface area contributed by atoms with Gasteiger partial charge in [0, 0.05) is 19.3 Å². The van der Waals surface area contributed by atoms with Gasteiger partial charge in [0.05, 0.1) is 16.7 Å². The first-order valence-corrected chi connectivity index (χ1v) is 6.47. The van der Waals surface area contributed by atoms with E-state index in [9.17, 15) is 0 Å². The van der Waals surface area contributed by atoms with E-state index in [2.05, 4.69) is 59.6 Å². The van der Waals surface area contributed by atoms with Crippen LogP contribution in [0.1, 0.15) is 31.3 Å². The van der Waals surface area contributed by atoms with Gasteiger partial charge in [-0.25, -0.2) is 9.97 Å². The van der Waals surface area contributed by atoms with Crippen molar-refractivity contribution in [2.45, 2.75) is 33.2 Å². The second-order valence-electron chi connectivity index (χ2n) is 5.36. The van der Waals surface area contributed by atoms with E-state index in [0.717, 1.165) is 30.1 Å². The zero-order valence-corrected chi connectivity index (χ0v) is 11.9. The molecule has 0 N–H and O–H groups in total. The predicted octanol–water partition coefficient (Wildman–Crippen LogP) is 2.42. The van der Waals surface area contributed by atoms with Gasteiger partial charge in [0.2, 0.25) is 0 Å². The maximum atomic E-state index is 4.62. The van der Waals surface area contributed by atoms with Crippen molar-refractivity contribution in [1.29, 1.82) is 0 Å². The van der Waals surface area contributed by atoms with Crippen molar-refractivity contribution in [3.8, 4) is 0 Å². The maximum absolute atomic E-state index is 4.62. The lowest BCUT2D eigenvalue weighted by atomic mass is 10.1. The average Bonchev–Trinajstić information content (AvgIpc) is 2.67. The van der Waals surface area contributed by atoms with Crippen molar-refractivity contribution in [3.63, 3.8) is 0 Å². The van der Waals surface area contributed by atoms with E-state index in [1.54, 1.807) is 0 Å². The summed E-state index contributed by atoms with van der Waals surface area (Å²) in [5.74, 6) is 1.28. The third-order valence-electron chi connectivity index (χ3n) is 3.08. The number of aromatic nitrogens is 3. The standard InChI is InChI=1S/C14H22N4/c1-10(2)13-14-12(15-11(3)16-13)6-7-18(14)9-8-17(4)5/h6-7,10H,8-9H2,1-5H3. The Morgan fingerprint density at radius 1 is 1.28 bits per heavy atom. The fourth-order valence-corrected chi connectivity index (χ4v) is 2.15. The van der Waals surface area contributed by atoms with Crippen LogP contribution < -0.4 is 0 Å². The van der Waals surface area contributed by atoms with Crippen molar-refractivity contribution in [1.82, 2.24) is 19.4 Å². The van der Waals surface area contributed by atoms with E-state index >= 15 is 0 Å². The number of nitrogens with zero attached hydrogens (tertiary/aromatic N) is 4. The molecule has 98 valence electrons. The normalized spacial score (nSPS) is 11.9. The summed E-state index contributed by atoms with van der Waals surface area (Å²) < 4.78 is 2.27. The summed E-state index contributed by atoms with van der Waals surface area (Å²) in [6.45, 7) is 8.33. The number of fused-ring (bicyclic) bond motifs is 1. The minimum atomic E-state index is 0.419. The molecule has 18 heavy (non-hydrogen) atoms. The van der Waals surface area contributed by atoms with E-state index in [1.165, 1.54) is 5.52 Å². The second kappa shape index (κ2) is 5.06. The molecule has 2 aromatic heterocycles. The van der Waals surface area contributed by atoms with Gasteiger partial charge in [0.25, 0.3) is 0 Å². The van der Waals surface area contributed by atoms with Crippen LogP contribution in [0.2, 0.25) is 0 Å². The first-order chi connectivity index (χ1) is 8.49. The first-order valence-electron chi connectivity index (χ1n) is 6.47. The predicted molar refractivity (Wildman–Crippen MR) is 74.9 cm³/mol. The highest BCUT2D eigenvalue weighted by Gasteiger charge is 2.13. The summed E-state index contributed by atoms with van der Waals surface area (Å²) >= 11 is 0. The Hall–Kier alpha value is -1.42. The Morgan fingerprint density at radius 2 is 2.00 bits per heavy atom. The van der Waals surface area contributed by atoms with Crippen molar-refractivity contribution >= 4 is 11.0 Å². The number of hydrogen-bond acceptors (Lipinski definition) is 3. The molecule has 0 atom stereocenters. The maximum Gasteiger partial charge on any atom is 0.126 e.